The molecule has 2 N–H and O–H groups in total. The Hall–Kier alpha value is -2.59. The maximum atomic E-state index is 8.12. The summed E-state index contributed by atoms with van der Waals surface area (Å²) in [6.07, 6.45) is 3.82. The molecule has 6 heteroatoms. The van der Waals surface area contributed by atoms with Crippen LogP contribution < -0.4 is 10.5 Å². The molecule has 86 valence electrons. The van der Waals surface area contributed by atoms with Crippen LogP contribution in [0.4, 0.5) is 5.69 Å². The van der Waals surface area contributed by atoms with Gasteiger partial charge in [-0.15, -0.1) is 0 Å². The van der Waals surface area contributed by atoms with Crippen LogP contribution in [0.2, 0.25) is 0 Å². The number of benzene rings is 1. The molecule has 17 heavy (non-hydrogen) atoms. The number of nitrogens with two attached hydrogens (primary N) is 1. The van der Waals surface area contributed by atoms with E-state index >= 15 is 0 Å². The predicted octanol–water partition coefficient (Wildman–Crippen LogP) is 2.71. The SMILES string of the molecule is [N-]=[N+]=NCOc1ccc(-n2cccc2)c(N)c1. The van der Waals surface area contributed by atoms with E-state index in [0.29, 0.717) is 11.4 Å². The normalized spacial score (nSPS) is 9.65. The number of nitrogens with zero attached hydrogens (tertiary/aromatic N) is 4. The fourth-order valence-electron chi connectivity index (χ4n) is 1.48. The molecule has 1 aromatic heterocycles. The van der Waals surface area contributed by atoms with Crippen molar-refractivity contribution >= 4 is 5.69 Å². The van der Waals surface area contributed by atoms with E-state index in [4.69, 9.17) is 16.0 Å². The monoisotopic (exact) mass is 229 g/mol. The molecule has 0 bridgehead atoms. The highest BCUT2D eigenvalue weighted by atomic mass is 16.5. The Labute approximate surface area is 97.9 Å². The molecule has 0 saturated carbocycles. The molecule has 0 aliphatic heterocycles. The molecule has 1 aromatic carbocycles. The summed E-state index contributed by atoms with van der Waals surface area (Å²) in [5.41, 5.74) is 15.5. The van der Waals surface area contributed by atoms with Gasteiger partial charge >= 0.3 is 0 Å². The van der Waals surface area contributed by atoms with Gasteiger partial charge in [-0.05, 0) is 29.8 Å². The van der Waals surface area contributed by atoms with E-state index in [9.17, 15) is 0 Å². The van der Waals surface area contributed by atoms with Gasteiger partial charge in [0.05, 0.1) is 11.4 Å². The smallest absolute Gasteiger partial charge is 0.167 e. The average Bonchev–Trinajstić information content (AvgIpc) is 2.83. The highest BCUT2D eigenvalue weighted by Crippen LogP contribution is 2.23. The van der Waals surface area contributed by atoms with Crippen molar-refractivity contribution in [1.82, 2.24) is 4.57 Å². The number of rotatable bonds is 4. The van der Waals surface area contributed by atoms with Crippen molar-refractivity contribution in [2.75, 3.05) is 12.5 Å². The van der Waals surface area contributed by atoms with Crippen LogP contribution >= 0.6 is 0 Å². The van der Waals surface area contributed by atoms with Crippen LogP contribution in [0.25, 0.3) is 16.1 Å². The fraction of sp³-hybridized carbons (Fsp3) is 0.0909. The van der Waals surface area contributed by atoms with Crippen LogP contribution in [0.1, 0.15) is 0 Å². The first-order chi connectivity index (χ1) is 8.31. The van der Waals surface area contributed by atoms with Crippen molar-refractivity contribution in [3.05, 3.63) is 53.2 Å². The van der Waals surface area contributed by atoms with Crippen molar-refractivity contribution in [1.29, 1.82) is 0 Å². The first-order valence-electron chi connectivity index (χ1n) is 4.98. The zero-order chi connectivity index (χ0) is 12.1. The van der Waals surface area contributed by atoms with Gasteiger partial charge in [0, 0.05) is 23.4 Å². The minimum Gasteiger partial charge on any atom is -0.487 e. The van der Waals surface area contributed by atoms with E-state index in [1.54, 1.807) is 12.1 Å². The van der Waals surface area contributed by atoms with E-state index in [0.717, 1.165) is 5.69 Å². The number of ether oxygens (including phenoxy) is 1. The minimum absolute atomic E-state index is 0.0429. The lowest BCUT2D eigenvalue weighted by Crippen LogP contribution is -1.99. The first kappa shape index (κ1) is 10.9. The van der Waals surface area contributed by atoms with Crippen LogP contribution in [0, 0.1) is 0 Å². The Kier molecular flexibility index (Phi) is 3.18. The molecule has 6 nitrogen and oxygen atoms in total. The zero-order valence-electron chi connectivity index (χ0n) is 9.02. The molecule has 0 amide bonds. The van der Waals surface area contributed by atoms with Crippen LogP contribution in [0.3, 0.4) is 0 Å². The third kappa shape index (κ3) is 2.50. The second-order valence-electron chi connectivity index (χ2n) is 3.32. The molecule has 0 radical (unpaired) electrons. The summed E-state index contributed by atoms with van der Waals surface area (Å²) in [7, 11) is 0. The van der Waals surface area contributed by atoms with E-state index < -0.39 is 0 Å². The van der Waals surface area contributed by atoms with Crippen molar-refractivity contribution in [2.45, 2.75) is 0 Å². The molecular formula is C11H11N5O. The van der Waals surface area contributed by atoms with Crippen molar-refractivity contribution in [3.63, 3.8) is 0 Å². The van der Waals surface area contributed by atoms with Crippen LogP contribution in [0.15, 0.2) is 47.8 Å². The summed E-state index contributed by atoms with van der Waals surface area (Å²) >= 11 is 0. The van der Waals surface area contributed by atoms with E-state index in [2.05, 4.69) is 10.0 Å². The first-order valence-corrected chi connectivity index (χ1v) is 4.98. The van der Waals surface area contributed by atoms with E-state index in [-0.39, 0.29) is 6.73 Å². The van der Waals surface area contributed by atoms with Crippen molar-refractivity contribution in [3.8, 4) is 11.4 Å². The Bertz CT molecular complexity index is 543. The Morgan fingerprint density at radius 3 is 2.76 bits per heavy atom. The standard InChI is InChI=1S/C11H11N5O/c12-10-7-9(17-8-14-15-13)3-4-11(10)16-5-1-2-6-16/h1-7H,8,12H2. The number of aromatic nitrogens is 1. The van der Waals surface area contributed by atoms with Gasteiger partial charge in [0.15, 0.2) is 6.73 Å². The van der Waals surface area contributed by atoms with Gasteiger partial charge in [0.1, 0.15) is 5.75 Å². The molecule has 0 spiro atoms. The molecule has 1 heterocycles. The summed E-state index contributed by atoms with van der Waals surface area (Å²) in [6, 6.07) is 9.17. The number of hydrogen-bond acceptors (Lipinski definition) is 3. The Morgan fingerprint density at radius 1 is 1.35 bits per heavy atom. The van der Waals surface area contributed by atoms with Gasteiger partial charge in [-0.1, -0.05) is 5.11 Å². The van der Waals surface area contributed by atoms with Crippen molar-refractivity contribution < 1.29 is 4.74 Å². The van der Waals surface area contributed by atoms with Gasteiger partial charge < -0.3 is 15.0 Å². The van der Waals surface area contributed by atoms with Gasteiger partial charge in [0.2, 0.25) is 0 Å². The quantitative estimate of drug-likeness (QED) is 0.378. The molecular weight excluding hydrogens is 218 g/mol. The number of azide groups is 1. The highest BCUT2D eigenvalue weighted by Gasteiger charge is 2.02. The largest absolute Gasteiger partial charge is 0.487 e. The molecule has 0 unspecified atom stereocenters. The molecule has 0 fully saturated rings. The zero-order valence-corrected chi connectivity index (χ0v) is 9.02. The number of hydrogen-bond donors (Lipinski definition) is 1. The summed E-state index contributed by atoms with van der Waals surface area (Å²) < 4.78 is 7.10. The molecule has 0 atom stereocenters. The van der Waals surface area contributed by atoms with E-state index in [1.165, 1.54) is 0 Å². The predicted molar refractivity (Wildman–Crippen MR) is 64.8 cm³/mol. The highest BCUT2D eigenvalue weighted by molar-refractivity contribution is 5.60. The minimum atomic E-state index is -0.0429. The third-order valence-electron chi connectivity index (χ3n) is 2.23. The summed E-state index contributed by atoms with van der Waals surface area (Å²) in [6.45, 7) is -0.0429. The number of nitrogen functional groups attached to an aromatic ring is 1. The van der Waals surface area contributed by atoms with Gasteiger partial charge in [-0.25, -0.2) is 0 Å². The molecule has 0 saturated heterocycles. The van der Waals surface area contributed by atoms with Crippen LogP contribution in [-0.4, -0.2) is 11.3 Å². The lowest BCUT2D eigenvalue weighted by Gasteiger charge is -2.09. The molecule has 2 rings (SSSR count). The average molecular weight is 229 g/mol. The van der Waals surface area contributed by atoms with Gasteiger partial charge in [-0.3, -0.25) is 0 Å². The second kappa shape index (κ2) is 4.96. The fourth-order valence-corrected chi connectivity index (χ4v) is 1.48. The van der Waals surface area contributed by atoms with Crippen LogP contribution in [0.5, 0.6) is 5.75 Å². The van der Waals surface area contributed by atoms with Crippen LogP contribution in [-0.2, 0) is 0 Å². The maximum absolute atomic E-state index is 8.12. The summed E-state index contributed by atoms with van der Waals surface area (Å²) in [4.78, 5) is 2.60. The van der Waals surface area contributed by atoms with Crippen molar-refractivity contribution in [2.24, 2.45) is 5.11 Å². The van der Waals surface area contributed by atoms with Gasteiger partial charge in [0.25, 0.3) is 0 Å². The summed E-state index contributed by atoms with van der Waals surface area (Å²) in [5.74, 6) is 0.575. The third-order valence-corrected chi connectivity index (χ3v) is 2.23. The number of anilines is 1. The Balaban J connectivity index is 2.20. The van der Waals surface area contributed by atoms with Gasteiger partial charge in [-0.2, -0.15) is 0 Å². The lowest BCUT2D eigenvalue weighted by molar-refractivity contribution is 0.329. The molecule has 0 aliphatic carbocycles. The second-order valence-corrected chi connectivity index (χ2v) is 3.32. The van der Waals surface area contributed by atoms with E-state index in [1.807, 2.05) is 35.2 Å². The lowest BCUT2D eigenvalue weighted by atomic mass is 10.2. The summed E-state index contributed by atoms with van der Waals surface area (Å²) in [5, 5.41) is 3.28. The topological polar surface area (TPSA) is 88.9 Å². The molecule has 0 aliphatic rings. The molecule has 2 aromatic rings. The maximum Gasteiger partial charge on any atom is 0.167 e. The Morgan fingerprint density at radius 2 is 2.12 bits per heavy atom.